The lowest BCUT2D eigenvalue weighted by molar-refractivity contribution is -0.160. The van der Waals surface area contributed by atoms with Crippen molar-refractivity contribution in [3.63, 3.8) is 0 Å². The summed E-state index contributed by atoms with van der Waals surface area (Å²) < 4.78 is 18.3. The number of urea groups is 1. The SMILES string of the molecule is C[C@H]1C=C2C=C[C@H](C)[C@H](CC[C@@H]3C[C@@H](O[Si](C)(C)C(C)(C)C)CC(=O)O3)[C@H]2[C@@H](OC(=O)NCCONC(=O)NO)C1. The number of rotatable bonds is 10. The van der Waals surface area contributed by atoms with E-state index < -0.39 is 20.4 Å². The fourth-order valence-electron chi connectivity index (χ4n) is 5.83. The zero-order valence-corrected chi connectivity index (χ0v) is 26.5. The number of alkyl carbamates (subject to hydrolysis) is 1. The van der Waals surface area contributed by atoms with Crippen LogP contribution >= 0.6 is 0 Å². The largest absolute Gasteiger partial charge is 0.462 e. The molecule has 7 atom stereocenters. The summed E-state index contributed by atoms with van der Waals surface area (Å²) in [5.74, 6) is 0.607. The van der Waals surface area contributed by atoms with Gasteiger partial charge in [-0.15, -0.1) is 0 Å². The van der Waals surface area contributed by atoms with Gasteiger partial charge in [0.25, 0.3) is 0 Å². The summed E-state index contributed by atoms with van der Waals surface area (Å²) in [6.07, 6.45) is 8.79. The lowest BCUT2D eigenvalue weighted by Crippen LogP contribution is -2.47. The van der Waals surface area contributed by atoms with Crippen molar-refractivity contribution in [2.45, 2.75) is 103 Å². The minimum absolute atomic E-state index is 0.000802. The Morgan fingerprint density at radius 2 is 1.90 bits per heavy atom. The van der Waals surface area contributed by atoms with Crippen LogP contribution in [0.4, 0.5) is 9.59 Å². The highest BCUT2D eigenvalue weighted by Gasteiger charge is 2.44. The molecule has 0 spiro atoms. The summed E-state index contributed by atoms with van der Waals surface area (Å²) in [6.45, 7) is 15.5. The number of hydrogen-bond acceptors (Lipinski definition) is 8. The van der Waals surface area contributed by atoms with Crippen molar-refractivity contribution in [3.8, 4) is 0 Å². The molecule has 0 unspecified atom stereocenters. The number of cyclic esters (lactones) is 1. The maximum absolute atomic E-state index is 12.7. The van der Waals surface area contributed by atoms with Gasteiger partial charge in [0.05, 0.1) is 19.1 Å². The molecule has 1 aliphatic heterocycles. The van der Waals surface area contributed by atoms with Crippen molar-refractivity contribution in [1.29, 1.82) is 0 Å². The number of carbonyl (C=O) groups excluding carboxylic acids is 3. The van der Waals surface area contributed by atoms with Crippen molar-refractivity contribution in [2.24, 2.45) is 23.7 Å². The predicted octanol–water partition coefficient (Wildman–Crippen LogP) is 4.98. The molecule has 0 saturated carbocycles. The van der Waals surface area contributed by atoms with Crippen LogP contribution < -0.4 is 16.3 Å². The maximum atomic E-state index is 12.7. The van der Waals surface area contributed by atoms with Gasteiger partial charge in [-0.1, -0.05) is 52.8 Å². The number of amides is 3. The molecular formula is C29H49N3O8Si. The molecule has 3 amide bonds. The number of hydrogen-bond donors (Lipinski definition) is 4. The molecule has 1 fully saturated rings. The molecule has 4 N–H and O–H groups in total. The Hall–Kier alpha value is -2.41. The summed E-state index contributed by atoms with van der Waals surface area (Å²) in [6, 6.07) is -0.907. The van der Waals surface area contributed by atoms with Gasteiger partial charge in [0.1, 0.15) is 12.2 Å². The van der Waals surface area contributed by atoms with Crippen LogP contribution in [0.3, 0.4) is 0 Å². The normalized spacial score (nSPS) is 30.0. The number of hydroxylamine groups is 2. The van der Waals surface area contributed by atoms with Gasteiger partial charge in [-0.3, -0.25) is 14.8 Å². The first-order valence-corrected chi connectivity index (χ1v) is 17.6. The molecule has 232 valence electrons. The number of esters is 1. The van der Waals surface area contributed by atoms with Crippen molar-refractivity contribution in [2.75, 3.05) is 13.2 Å². The Morgan fingerprint density at radius 3 is 2.59 bits per heavy atom. The Balaban J connectivity index is 1.61. The van der Waals surface area contributed by atoms with Crippen LogP contribution in [-0.2, 0) is 23.5 Å². The Bertz CT molecular complexity index is 995. The molecule has 12 heteroatoms. The highest BCUT2D eigenvalue weighted by Crippen LogP contribution is 2.45. The average molecular weight is 596 g/mol. The molecule has 0 bridgehead atoms. The van der Waals surface area contributed by atoms with Crippen LogP contribution in [0.5, 0.6) is 0 Å². The quantitative estimate of drug-likeness (QED) is 0.0910. The number of fused-ring (bicyclic) bond motifs is 1. The Morgan fingerprint density at radius 1 is 1.17 bits per heavy atom. The fraction of sp³-hybridized carbons (Fsp3) is 0.759. The third-order valence-electron chi connectivity index (χ3n) is 8.90. The second-order valence-electron chi connectivity index (χ2n) is 13.2. The third kappa shape index (κ3) is 9.29. The van der Waals surface area contributed by atoms with Gasteiger partial charge in [0.15, 0.2) is 8.32 Å². The monoisotopic (exact) mass is 595 g/mol. The second-order valence-corrected chi connectivity index (χ2v) is 17.9. The molecule has 0 radical (unpaired) electrons. The van der Waals surface area contributed by atoms with E-state index in [1.165, 1.54) is 11.1 Å². The molecule has 0 aromatic rings. The number of allylic oxidation sites excluding steroid dienone is 3. The van der Waals surface area contributed by atoms with Crippen LogP contribution in [0.2, 0.25) is 18.1 Å². The number of carbonyl (C=O) groups is 3. The van der Waals surface area contributed by atoms with E-state index in [2.05, 4.69) is 71.3 Å². The molecule has 1 saturated heterocycles. The summed E-state index contributed by atoms with van der Waals surface area (Å²) in [7, 11) is -2.01. The van der Waals surface area contributed by atoms with Gasteiger partial charge in [-0.2, -0.15) is 0 Å². The van der Waals surface area contributed by atoms with E-state index in [4.69, 9.17) is 23.9 Å². The number of nitrogens with one attached hydrogen (secondary N) is 3. The molecule has 11 nitrogen and oxygen atoms in total. The summed E-state index contributed by atoms with van der Waals surface area (Å²) in [5, 5.41) is 11.2. The van der Waals surface area contributed by atoms with Gasteiger partial charge >= 0.3 is 18.1 Å². The zero-order valence-electron chi connectivity index (χ0n) is 25.5. The van der Waals surface area contributed by atoms with Gasteiger partial charge in [0, 0.05) is 18.9 Å². The maximum Gasteiger partial charge on any atom is 0.407 e. The minimum Gasteiger partial charge on any atom is -0.462 e. The van der Waals surface area contributed by atoms with Crippen molar-refractivity contribution in [1.82, 2.24) is 16.3 Å². The fourth-order valence-corrected chi connectivity index (χ4v) is 7.19. The lowest BCUT2D eigenvalue weighted by atomic mass is 9.65. The van der Waals surface area contributed by atoms with Crippen LogP contribution in [-0.4, -0.2) is 63.1 Å². The topological polar surface area (TPSA) is 144 Å². The molecule has 3 aliphatic rings. The van der Waals surface area contributed by atoms with Crippen LogP contribution in [0, 0.1) is 23.7 Å². The second kappa shape index (κ2) is 14.2. The van der Waals surface area contributed by atoms with Crippen molar-refractivity contribution >= 4 is 26.4 Å². The summed E-state index contributed by atoms with van der Waals surface area (Å²) in [4.78, 5) is 41.0. The van der Waals surface area contributed by atoms with E-state index in [9.17, 15) is 14.4 Å². The summed E-state index contributed by atoms with van der Waals surface area (Å²) >= 11 is 0. The van der Waals surface area contributed by atoms with Gasteiger partial charge < -0.3 is 19.2 Å². The highest BCUT2D eigenvalue weighted by atomic mass is 28.4. The minimum atomic E-state index is -2.01. The van der Waals surface area contributed by atoms with Crippen LogP contribution in [0.1, 0.15) is 66.7 Å². The standard InChI is InChI=1S/C29H49N3O8Si/c1-18-14-20-9-8-19(2)23(26(20)24(15-18)39-28(35)30-12-13-37-32-27(34)31-36)11-10-21-16-22(17-25(33)38-21)40-41(6,7)29(3,4)5/h8-9,14,18-19,21-24,26,36H,10-13,15-17H2,1-7H3,(H,30,35)(H2,31,32,34)/t18-,19-,21+,22+,23-,24-,26-/m0/s1. The first-order valence-electron chi connectivity index (χ1n) is 14.7. The molecule has 0 aromatic carbocycles. The molecule has 1 heterocycles. The van der Waals surface area contributed by atoms with E-state index >= 15 is 0 Å². The molecular weight excluding hydrogens is 546 g/mol. The van der Waals surface area contributed by atoms with Crippen molar-refractivity contribution in [3.05, 3.63) is 23.8 Å². The Kier molecular flexibility index (Phi) is 11.4. The van der Waals surface area contributed by atoms with E-state index in [0.29, 0.717) is 19.3 Å². The molecule has 0 aromatic heterocycles. The lowest BCUT2D eigenvalue weighted by Gasteiger charge is -2.44. The smallest absolute Gasteiger partial charge is 0.407 e. The summed E-state index contributed by atoms with van der Waals surface area (Å²) in [5.41, 5.74) is 4.53. The van der Waals surface area contributed by atoms with Gasteiger partial charge in [-0.05, 0) is 60.7 Å². The predicted molar refractivity (Wildman–Crippen MR) is 155 cm³/mol. The van der Waals surface area contributed by atoms with E-state index in [1.807, 2.05) is 5.48 Å². The molecule has 2 aliphatic carbocycles. The third-order valence-corrected chi connectivity index (χ3v) is 13.4. The van der Waals surface area contributed by atoms with Gasteiger partial charge in [0.2, 0.25) is 0 Å². The number of ether oxygens (including phenoxy) is 2. The molecule has 41 heavy (non-hydrogen) atoms. The zero-order chi connectivity index (χ0) is 30.4. The first kappa shape index (κ1) is 33.1. The van der Waals surface area contributed by atoms with E-state index in [0.717, 1.165) is 12.8 Å². The first-order chi connectivity index (χ1) is 19.2. The molecule has 3 rings (SSSR count). The van der Waals surface area contributed by atoms with Crippen LogP contribution in [0.15, 0.2) is 23.8 Å². The average Bonchev–Trinajstić information content (AvgIpc) is 2.86. The van der Waals surface area contributed by atoms with Gasteiger partial charge in [-0.25, -0.2) is 20.5 Å². The van der Waals surface area contributed by atoms with Crippen LogP contribution in [0.25, 0.3) is 0 Å². The van der Waals surface area contributed by atoms with E-state index in [1.54, 1.807) is 0 Å². The van der Waals surface area contributed by atoms with Crippen molar-refractivity contribution < 1.29 is 38.3 Å². The Labute approximate surface area is 244 Å². The van der Waals surface area contributed by atoms with E-state index in [-0.39, 0.29) is 66.1 Å². The highest BCUT2D eigenvalue weighted by molar-refractivity contribution is 6.74.